The predicted octanol–water partition coefficient (Wildman–Crippen LogP) is -11.5. The topological polar surface area (TPSA) is 659 Å². The van der Waals surface area contributed by atoms with Gasteiger partial charge in [0.1, 0.15) is 122 Å². The molecule has 0 aromatic heterocycles. The van der Waals surface area contributed by atoms with E-state index in [9.17, 15) is 115 Å². The lowest BCUT2D eigenvalue weighted by Crippen LogP contribution is -2.59. The van der Waals surface area contributed by atoms with E-state index in [1.165, 1.54) is 0 Å². The summed E-state index contributed by atoms with van der Waals surface area (Å²) in [4.78, 5) is 98.9. The third kappa shape index (κ3) is 25.9. The van der Waals surface area contributed by atoms with Gasteiger partial charge in [-0.1, -0.05) is 11.5 Å². The molecule has 100 heavy (non-hydrogen) atoms. The van der Waals surface area contributed by atoms with Crippen LogP contribution in [0.5, 0.6) is 5.75 Å². The first-order chi connectivity index (χ1) is 47.8. The lowest BCUT2D eigenvalue weighted by atomic mass is 9.99. The molecule has 4 heterocycles. The Balaban J connectivity index is 1.36. The van der Waals surface area contributed by atoms with Gasteiger partial charge in [0.2, 0.25) is 29.5 Å². The minimum atomic E-state index is -1.81. The molecule has 568 valence electrons. The zero-order chi connectivity index (χ0) is 73.6. The second kappa shape index (κ2) is 43.6. The van der Waals surface area contributed by atoms with Gasteiger partial charge < -0.3 is 162 Å². The van der Waals surface area contributed by atoms with Gasteiger partial charge in [0.15, 0.2) is 25.2 Å². The summed E-state index contributed by atoms with van der Waals surface area (Å²) < 4.78 is 48.9. The number of ether oxygens (including phenoxy) is 9. The van der Waals surface area contributed by atoms with Crippen molar-refractivity contribution in [3.8, 4) is 5.75 Å². The maximum Gasteiger partial charge on any atom is 0.252 e. The fraction of sp³-hybridized carbons (Fsp3) is 0.776. The highest BCUT2D eigenvalue weighted by Gasteiger charge is 2.47. The summed E-state index contributed by atoms with van der Waals surface area (Å²) in [5.41, 5.74) is 7.71. The van der Waals surface area contributed by atoms with Crippen LogP contribution in [-0.2, 0) is 61.9 Å². The molecule has 1 aromatic rings. The van der Waals surface area contributed by atoms with E-state index in [1.54, 1.807) is 0 Å². The summed E-state index contributed by atoms with van der Waals surface area (Å²) in [6, 6.07) is 0.0196. The molecule has 14 unspecified atom stereocenters. The van der Waals surface area contributed by atoms with Crippen molar-refractivity contribution in [2.45, 2.75) is 186 Å². The average molecular weight is 1440 g/mol. The molecule has 22 atom stereocenters. The number of unbranched alkanes of at least 4 members (excludes halogenated alkanes) is 2. The predicted molar refractivity (Wildman–Crippen MR) is 329 cm³/mol. The van der Waals surface area contributed by atoms with Crippen molar-refractivity contribution in [1.29, 1.82) is 0 Å². The Hall–Kier alpha value is -6.34. The highest BCUT2D eigenvalue weighted by molar-refractivity contribution is 6.03. The number of aliphatic hydroxyl groups excluding tert-OH is 16. The first kappa shape index (κ1) is 84.3. The van der Waals surface area contributed by atoms with Gasteiger partial charge in [-0.2, -0.15) is 0 Å². The lowest BCUT2D eigenvalue weighted by molar-refractivity contribution is -0.300. The van der Waals surface area contributed by atoms with Gasteiger partial charge in [-0.15, -0.1) is 0 Å². The van der Waals surface area contributed by atoms with Crippen molar-refractivity contribution in [1.82, 2.24) is 37.2 Å². The van der Waals surface area contributed by atoms with E-state index >= 15 is 0 Å². The van der Waals surface area contributed by atoms with E-state index in [-0.39, 0.29) is 64.1 Å². The van der Waals surface area contributed by atoms with Crippen molar-refractivity contribution >= 4 is 41.4 Å². The molecule has 0 bridgehead atoms. The highest BCUT2D eigenvalue weighted by atomic mass is 16.7. The van der Waals surface area contributed by atoms with E-state index in [2.05, 4.69) is 47.2 Å². The molecular formula is C58H94N10O32. The fourth-order valence-electron chi connectivity index (χ4n) is 10.3. The molecular weight excluding hydrogens is 1350 g/mol. The van der Waals surface area contributed by atoms with Crippen LogP contribution in [0.2, 0.25) is 0 Å². The number of hydrogen-bond donors (Lipinski definition) is 23. The van der Waals surface area contributed by atoms with Gasteiger partial charge in [-0.3, -0.25) is 33.6 Å². The van der Waals surface area contributed by atoms with Crippen LogP contribution < -0.4 is 42.0 Å². The Morgan fingerprint density at radius 2 is 0.740 bits per heavy atom. The van der Waals surface area contributed by atoms with Crippen LogP contribution in [0.3, 0.4) is 0 Å². The SMILES string of the molecule is [N-]=[N+]=NCCCCCC(=O)NCCOc1cc(C(=O)NC(CCC(=O)NCCO[C@@H]2OC(CO)[C@@H](O)C(O)C2O)C(=O)NCCO[C@@H]2OC(CO)[C@@H](O)C(O)C2O)cc(C(=O)NC(CCC(=O)NCCO[C@@H]2OC(CO)[C@@H](O)C(O)C2O)C(=O)NCCO[C@@H]2OC(CO)[C@@H](O)C(O)C2O)c1. The number of nitrogens with one attached hydrogen (secondary N) is 7. The first-order valence-corrected chi connectivity index (χ1v) is 32.2. The van der Waals surface area contributed by atoms with Crippen LogP contribution >= 0.6 is 0 Å². The Morgan fingerprint density at radius 3 is 1.07 bits per heavy atom. The van der Waals surface area contributed by atoms with Gasteiger partial charge in [0, 0.05) is 68.0 Å². The Morgan fingerprint density at radius 1 is 0.420 bits per heavy atom. The van der Waals surface area contributed by atoms with Crippen LogP contribution in [0.1, 0.15) is 72.1 Å². The summed E-state index contributed by atoms with van der Waals surface area (Å²) in [5.74, 6) is -6.17. The second-order valence-corrected chi connectivity index (χ2v) is 23.4. The standard InChI is InChI=1S/C58H94N10O32/c59-68-65-9-3-1-2-4-36(73)60-10-15-92-29-21-27(51(88)66-30(53(90)63-13-18-95-57-49(86)45(82)41(78)34(25-71)99-57)5-7-37(74)61-11-16-93-55-47(84)43(80)39(76)32(23-69)97-55)20-28(22-29)52(89)67-31(54(91)64-14-19-96-58-50(87)46(83)42(79)35(26-72)100-58)6-8-38(75)62-12-17-94-56-48(85)44(81)40(77)33(24-70)98-56/h20-22,30-35,39-50,55-58,69-72,76-87H,1-19,23-26H2,(H,60,73)(H,61,74)(H,62,75)(H,63,90)(H,64,91)(H,66,88)(H,67,89)/t30?,31?,32?,33?,34?,35?,39-,40-,41-,42-,43?,44?,45?,46?,47?,48?,49?,50?,55-,56-,57-,58-/m1/s1. The number of hydrogen-bond acceptors (Lipinski definition) is 33. The van der Waals surface area contributed by atoms with Crippen molar-refractivity contribution in [2.24, 2.45) is 5.11 Å². The number of carbonyl (C=O) groups is 7. The number of aliphatic hydroxyl groups is 16. The largest absolute Gasteiger partial charge is 0.492 e. The van der Waals surface area contributed by atoms with Gasteiger partial charge in [-0.25, -0.2) is 0 Å². The molecule has 1 aromatic carbocycles. The molecule has 0 saturated carbocycles. The Kier molecular flexibility index (Phi) is 36.7. The van der Waals surface area contributed by atoms with Crippen molar-refractivity contribution < 1.29 is 158 Å². The van der Waals surface area contributed by atoms with Gasteiger partial charge in [0.05, 0.1) is 59.4 Å². The third-order valence-corrected chi connectivity index (χ3v) is 16.1. The molecule has 0 spiro atoms. The maximum absolute atomic E-state index is 14.5. The monoisotopic (exact) mass is 1440 g/mol. The number of azide groups is 1. The lowest BCUT2D eigenvalue weighted by Gasteiger charge is -2.39. The minimum Gasteiger partial charge on any atom is -0.492 e. The third-order valence-electron chi connectivity index (χ3n) is 16.1. The molecule has 4 aliphatic heterocycles. The molecule has 0 aliphatic carbocycles. The maximum atomic E-state index is 14.5. The number of amides is 7. The van der Waals surface area contributed by atoms with E-state index in [1.807, 2.05) is 0 Å². The average Bonchev–Trinajstić information content (AvgIpc) is 0.847. The number of rotatable bonds is 42. The Bertz CT molecular complexity index is 2610. The molecule has 23 N–H and O–H groups in total. The number of benzene rings is 1. The molecule has 4 saturated heterocycles. The first-order valence-electron chi connectivity index (χ1n) is 32.2. The minimum absolute atomic E-state index is 0.0967. The molecule has 5 rings (SSSR count). The fourth-order valence-corrected chi connectivity index (χ4v) is 10.3. The van der Waals surface area contributed by atoms with Crippen LogP contribution in [0.4, 0.5) is 0 Å². The molecule has 4 fully saturated rings. The molecule has 0 radical (unpaired) electrons. The molecule has 42 heteroatoms. The summed E-state index contributed by atoms with van der Waals surface area (Å²) in [6.45, 7) is -6.15. The van der Waals surface area contributed by atoms with Crippen LogP contribution in [0.25, 0.3) is 10.4 Å². The van der Waals surface area contributed by atoms with Crippen LogP contribution in [0.15, 0.2) is 23.3 Å². The molecule has 7 amide bonds. The van der Waals surface area contributed by atoms with Crippen molar-refractivity contribution in [3.05, 3.63) is 39.8 Å². The molecule has 4 aliphatic rings. The van der Waals surface area contributed by atoms with Crippen LogP contribution in [-0.4, -0.2) is 357 Å². The Labute approximate surface area is 570 Å². The molecule has 42 nitrogen and oxygen atoms in total. The summed E-state index contributed by atoms with van der Waals surface area (Å²) in [6.07, 6.45) is -32.8. The summed E-state index contributed by atoms with van der Waals surface area (Å²) >= 11 is 0. The number of carbonyl (C=O) groups excluding carboxylic acids is 7. The van der Waals surface area contributed by atoms with Crippen LogP contribution in [0, 0.1) is 0 Å². The zero-order valence-electron chi connectivity index (χ0n) is 54.2. The van der Waals surface area contributed by atoms with E-state index in [0.717, 1.165) is 18.2 Å². The van der Waals surface area contributed by atoms with Crippen molar-refractivity contribution in [2.75, 3.05) is 98.7 Å². The van der Waals surface area contributed by atoms with E-state index < -0.39 is 260 Å². The van der Waals surface area contributed by atoms with Crippen molar-refractivity contribution in [3.63, 3.8) is 0 Å². The smallest absolute Gasteiger partial charge is 0.252 e. The van der Waals surface area contributed by atoms with Gasteiger partial charge in [0.25, 0.3) is 11.8 Å². The highest BCUT2D eigenvalue weighted by Crippen LogP contribution is 2.26. The summed E-state index contributed by atoms with van der Waals surface area (Å²) in [7, 11) is 0. The van der Waals surface area contributed by atoms with Gasteiger partial charge in [-0.05, 0) is 49.4 Å². The van der Waals surface area contributed by atoms with E-state index in [0.29, 0.717) is 19.3 Å². The zero-order valence-corrected chi connectivity index (χ0v) is 54.2. The summed E-state index contributed by atoms with van der Waals surface area (Å²) in [5, 5.41) is 182. The normalized spacial score (nSPS) is 30.3. The quantitative estimate of drug-likeness (QED) is 0.0125. The second-order valence-electron chi connectivity index (χ2n) is 23.4. The number of nitrogens with zero attached hydrogens (tertiary/aromatic N) is 3. The van der Waals surface area contributed by atoms with E-state index in [4.69, 9.17) is 48.2 Å². The van der Waals surface area contributed by atoms with Gasteiger partial charge >= 0.3 is 0 Å².